The molecular formula is C36H29Cl2N3O5S. The number of halogens is 2. The van der Waals surface area contributed by atoms with Gasteiger partial charge >= 0.3 is 0 Å². The first kappa shape index (κ1) is 32.1. The lowest BCUT2D eigenvalue weighted by Crippen LogP contribution is -2.40. The maximum Gasteiger partial charge on any atom is 0.271 e. The Kier molecular flexibility index (Phi) is 9.49. The van der Waals surface area contributed by atoms with Gasteiger partial charge in [0, 0.05) is 21.3 Å². The molecule has 2 N–H and O–H groups in total. The number of benzene rings is 4. The highest BCUT2D eigenvalue weighted by molar-refractivity contribution is 7.07. The van der Waals surface area contributed by atoms with E-state index in [1.165, 1.54) is 22.0 Å². The molecule has 2 heterocycles. The van der Waals surface area contributed by atoms with Crippen molar-refractivity contribution in [2.45, 2.75) is 26.5 Å². The van der Waals surface area contributed by atoms with Gasteiger partial charge in [-0.25, -0.2) is 4.99 Å². The summed E-state index contributed by atoms with van der Waals surface area (Å²) in [5.74, 6) is 0.306. The van der Waals surface area contributed by atoms with Crippen molar-refractivity contribution in [2.75, 3.05) is 11.9 Å². The molecule has 0 saturated carbocycles. The predicted octanol–water partition coefficient (Wildman–Crippen LogP) is 6.86. The molecule has 1 aliphatic heterocycles. The number of phenols is 1. The van der Waals surface area contributed by atoms with E-state index in [1.54, 1.807) is 68.5 Å². The number of phenolic OH excluding ortho intramolecular Hbond substituents is 1. The number of thiazole rings is 1. The monoisotopic (exact) mass is 685 g/mol. The van der Waals surface area contributed by atoms with Crippen LogP contribution < -0.4 is 29.7 Å². The molecule has 5 aromatic rings. The van der Waals surface area contributed by atoms with E-state index in [2.05, 4.69) is 5.32 Å². The molecule has 6 rings (SSSR count). The summed E-state index contributed by atoms with van der Waals surface area (Å²) in [4.78, 5) is 33.3. The van der Waals surface area contributed by atoms with Gasteiger partial charge in [-0.3, -0.25) is 14.2 Å². The lowest BCUT2D eigenvalue weighted by atomic mass is 9.94. The number of carbonyl (C=O) groups excluding carboxylic acids is 1. The zero-order chi connectivity index (χ0) is 33.1. The molecule has 0 saturated heterocycles. The Morgan fingerprint density at radius 2 is 1.77 bits per heavy atom. The molecule has 11 heteroatoms. The molecule has 0 spiro atoms. The van der Waals surface area contributed by atoms with Crippen LogP contribution in [0.15, 0.2) is 112 Å². The smallest absolute Gasteiger partial charge is 0.271 e. The average Bonchev–Trinajstić information content (AvgIpc) is 3.35. The van der Waals surface area contributed by atoms with Crippen LogP contribution in [-0.2, 0) is 11.4 Å². The summed E-state index contributed by atoms with van der Waals surface area (Å²) in [5, 5.41) is 14.5. The minimum Gasteiger partial charge on any atom is -0.504 e. The zero-order valence-electron chi connectivity index (χ0n) is 25.4. The number of allylic oxidation sites excluding steroid dienone is 1. The molecule has 4 aromatic carbocycles. The number of aromatic nitrogens is 1. The van der Waals surface area contributed by atoms with Crippen LogP contribution in [0.4, 0.5) is 5.69 Å². The van der Waals surface area contributed by atoms with Crippen molar-refractivity contribution in [3.8, 4) is 17.2 Å². The van der Waals surface area contributed by atoms with Crippen LogP contribution in [0.3, 0.4) is 0 Å². The minimum absolute atomic E-state index is 0.0507. The van der Waals surface area contributed by atoms with Crippen molar-refractivity contribution in [3.05, 3.63) is 149 Å². The van der Waals surface area contributed by atoms with Gasteiger partial charge in [0.15, 0.2) is 16.3 Å². The molecule has 1 amide bonds. The maximum absolute atomic E-state index is 14.3. The van der Waals surface area contributed by atoms with Crippen molar-refractivity contribution >= 4 is 52.2 Å². The first-order valence-electron chi connectivity index (χ1n) is 14.7. The van der Waals surface area contributed by atoms with E-state index in [1.807, 2.05) is 36.4 Å². The largest absolute Gasteiger partial charge is 0.504 e. The number of rotatable bonds is 9. The van der Waals surface area contributed by atoms with Crippen molar-refractivity contribution < 1.29 is 19.4 Å². The first-order valence-corrected chi connectivity index (χ1v) is 16.3. The quantitative estimate of drug-likeness (QED) is 0.176. The Labute approximate surface area is 284 Å². The molecule has 47 heavy (non-hydrogen) atoms. The molecular weight excluding hydrogens is 657 g/mol. The second-order valence-electron chi connectivity index (χ2n) is 10.7. The van der Waals surface area contributed by atoms with E-state index < -0.39 is 11.9 Å². The fraction of sp³-hybridized carbons (Fsp3) is 0.139. The number of para-hydroxylation sites is 1. The second-order valence-corrected chi connectivity index (χ2v) is 12.5. The number of nitrogens with one attached hydrogen (secondary N) is 1. The second kappa shape index (κ2) is 13.9. The van der Waals surface area contributed by atoms with Gasteiger partial charge in [0.2, 0.25) is 0 Å². The normalized spacial score (nSPS) is 14.4. The van der Waals surface area contributed by atoms with Gasteiger partial charge in [0.05, 0.1) is 28.5 Å². The number of nitrogens with zero attached hydrogens (tertiary/aromatic N) is 2. The molecule has 0 fully saturated rings. The third-order valence-electron chi connectivity index (χ3n) is 7.44. The summed E-state index contributed by atoms with van der Waals surface area (Å²) in [5.41, 5.74) is 3.03. The molecule has 1 aromatic heterocycles. The number of aromatic hydroxyl groups is 1. The topological polar surface area (TPSA) is 102 Å². The molecule has 0 radical (unpaired) electrons. The highest BCUT2D eigenvalue weighted by atomic mass is 35.5. The Bertz CT molecular complexity index is 2190. The number of amides is 1. The molecule has 1 atom stereocenters. The van der Waals surface area contributed by atoms with Crippen molar-refractivity contribution in [1.29, 1.82) is 0 Å². The summed E-state index contributed by atoms with van der Waals surface area (Å²) in [6.07, 6.45) is 1.71. The molecule has 8 nitrogen and oxygen atoms in total. The highest BCUT2D eigenvalue weighted by Gasteiger charge is 2.33. The van der Waals surface area contributed by atoms with Crippen LogP contribution in [0.1, 0.15) is 36.6 Å². The van der Waals surface area contributed by atoms with Gasteiger partial charge in [-0.15, -0.1) is 0 Å². The van der Waals surface area contributed by atoms with Crippen LogP contribution in [0.2, 0.25) is 10.0 Å². The number of ether oxygens (including phenoxy) is 2. The van der Waals surface area contributed by atoms with E-state index in [4.69, 9.17) is 37.7 Å². The van der Waals surface area contributed by atoms with E-state index in [-0.39, 0.29) is 29.2 Å². The van der Waals surface area contributed by atoms with E-state index in [9.17, 15) is 14.7 Å². The summed E-state index contributed by atoms with van der Waals surface area (Å²) in [7, 11) is 0. The lowest BCUT2D eigenvalue weighted by Gasteiger charge is -2.26. The number of hydrogen-bond acceptors (Lipinski definition) is 7. The fourth-order valence-electron chi connectivity index (χ4n) is 5.31. The van der Waals surface area contributed by atoms with Crippen molar-refractivity contribution in [2.24, 2.45) is 4.99 Å². The minimum atomic E-state index is -0.866. The van der Waals surface area contributed by atoms with E-state index in [0.29, 0.717) is 54.2 Å². The number of fused-ring (bicyclic) bond motifs is 1. The third kappa shape index (κ3) is 6.97. The van der Waals surface area contributed by atoms with Gasteiger partial charge in [0.1, 0.15) is 12.4 Å². The standard InChI is InChI=1S/C36H29Cl2N3O5S/c1-3-45-30-18-23(12-14-28(30)42)33-32(34(43)40-27-10-5-4-6-11-27)21(2)39-36-41(33)35(44)31(47-36)19-24-17-26(38)13-15-29(24)46-20-22-8-7-9-25(37)16-22/h4-19,33,42H,3,20H2,1-2H3,(H,40,43)/b31-19-/t33-/m0/s1. The summed E-state index contributed by atoms with van der Waals surface area (Å²) >= 11 is 13.7. The Balaban J connectivity index is 1.47. The van der Waals surface area contributed by atoms with Crippen molar-refractivity contribution in [3.63, 3.8) is 0 Å². The first-order chi connectivity index (χ1) is 22.7. The summed E-state index contributed by atoms with van der Waals surface area (Å²) in [6, 6.07) is 25.6. The highest BCUT2D eigenvalue weighted by Crippen LogP contribution is 2.36. The molecule has 1 aliphatic rings. The van der Waals surface area contributed by atoms with Crippen LogP contribution >= 0.6 is 34.5 Å². The molecule has 0 bridgehead atoms. The summed E-state index contributed by atoms with van der Waals surface area (Å²) in [6.45, 7) is 4.12. The van der Waals surface area contributed by atoms with Crippen LogP contribution in [0.25, 0.3) is 6.08 Å². The summed E-state index contributed by atoms with van der Waals surface area (Å²) < 4.78 is 13.7. The van der Waals surface area contributed by atoms with Crippen molar-refractivity contribution in [1.82, 2.24) is 4.57 Å². The van der Waals surface area contributed by atoms with Crippen LogP contribution in [0, 0.1) is 0 Å². The number of anilines is 1. The van der Waals surface area contributed by atoms with Gasteiger partial charge in [-0.2, -0.15) is 0 Å². The van der Waals surface area contributed by atoms with E-state index >= 15 is 0 Å². The predicted molar refractivity (Wildman–Crippen MR) is 185 cm³/mol. The zero-order valence-corrected chi connectivity index (χ0v) is 27.7. The fourth-order valence-corrected chi connectivity index (χ4v) is 6.74. The SMILES string of the molecule is CCOc1cc([C@H]2C(C(=O)Nc3ccccc3)=C(C)N=c3s/c(=C\c4cc(Cl)ccc4OCc4cccc(Cl)c4)c(=O)n32)ccc1O. The van der Waals surface area contributed by atoms with E-state index in [0.717, 1.165) is 5.56 Å². The molecule has 0 aliphatic carbocycles. The lowest BCUT2D eigenvalue weighted by molar-refractivity contribution is -0.113. The van der Waals surface area contributed by atoms with Gasteiger partial charge < -0.3 is 19.9 Å². The van der Waals surface area contributed by atoms with Crippen LogP contribution in [-0.4, -0.2) is 22.2 Å². The number of hydrogen-bond donors (Lipinski definition) is 2. The van der Waals surface area contributed by atoms with Gasteiger partial charge in [-0.1, -0.05) is 70.9 Å². The number of carbonyl (C=O) groups is 1. The Hall–Kier alpha value is -4.83. The molecule has 0 unspecified atom stereocenters. The third-order valence-corrected chi connectivity index (χ3v) is 8.89. The van der Waals surface area contributed by atoms with Gasteiger partial charge in [0.25, 0.3) is 11.5 Å². The Morgan fingerprint density at radius 1 is 0.979 bits per heavy atom. The van der Waals surface area contributed by atoms with Crippen LogP contribution in [0.5, 0.6) is 17.2 Å². The molecule has 238 valence electrons. The Morgan fingerprint density at radius 3 is 2.53 bits per heavy atom. The average molecular weight is 687 g/mol. The van der Waals surface area contributed by atoms with Gasteiger partial charge in [-0.05, 0) is 85.6 Å². The maximum atomic E-state index is 14.3.